The molecule has 0 spiro atoms. The van der Waals surface area contributed by atoms with Gasteiger partial charge in [0.05, 0.1) is 5.56 Å². The highest BCUT2D eigenvalue weighted by atomic mass is 79.9. The van der Waals surface area contributed by atoms with E-state index in [0.717, 1.165) is 17.7 Å². The molecule has 0 unspecified atom stereocenters. The lowest BCUT2D eigenvalue weighted by atomic mass is 9.97. The number of pyridine rings is 1. The Hall–Kier alpha value is -2.21. The number of nitrogens with zero attached hydrogens (tertiary/aromatic N) is 1. The minimum absolute atomic E-state index is 0.286. The fraction of sp³-hybridized carbons (Fsp3) is 0.316. The molecule has 1 aromatic carbocycles. The van der Waals surface area contributed by atoms with Crippen LogP contribution in [0.3, 0.4) is 0 Å². The van der Waals surface area contributed by atoms with Crippen molar-refractivity contribution in [3.63, 3.8) is 0 Å². The van der Waals surface area contributed by atoms with Crippen LogP contribution in [0.25, 0.3) is 0 Å². The molecule has 0 aliphatic heterocycles. The topological polar surface area (TPSA) is 68.3 Å². The molecule has 0 aliphatic carbocycles. The Morgan fingerprint density at radius 3 is 2.64 bits per heavy atom. The molecule has 1 N–H and O–H groups in total. The van der Waals surface area contributed by atoms with Crippen LogP contribution in [-0.4, -0.2) is 23.0 Å². The van der Waals surface area contributed by atoms with Gasteiger partial charge in [-0.15, -0.1) is 0 Å². The molecule has 5 nitrogen and oxygen atoms in total. The van der Waals surface area contributed by atoms with Crippen molar-refractivity contribution in [3.8, 4) is 0 Å². The van der Waals surface area contributed by atoms with Gasteiger partial charge >= 0.3 is 5.97 Å². The second-order valence-corrected chi connectivity index (χ2v) is 6.74. The predicted octanol–water partition coefficient (Wildman–Crippen LogP) is 4.54. The van der Waals surface area contributed by atoms with Crippen LogP contribution in [-0.2, 0) is 9.53 Å². The molecule has 1 heterocycles. The summed E-state index contributed by atoms with van der Waals surface area (Å²) in [6, 6.07) is 9.25. The van der Waals surface area contributed by atoms with Gasteiger partial charge in [0.25, 0.3) is 5.91 Å². The number of carbonyl (C=O) groups excluding carboxylic acids is 2. The molecule has 1 amide bonds. The molecular formula is C19H21BrN2O3. The monoisotopic (exact) mass is 404 g/mol. The van der Waals surface area contributed by atoms with E-state index in [1.807, 2.05) is 24.3 Å². The fourth-order valence-corrected chi connectivity index (χ4v) is 2.67. The number of rotatable bonds is 6. The number of esters is 1. The van der Waals surface area contributed by atoms with Crippen LogP contribution >= 0.6 is 15.9 Å². The predicted molar refractivity (Wildman–Crippen MR) is 101 cm³/mol. The summed E-state index contributed by atoms with van der Waals surface area (Å²) in [5.74, 6) is -0.638. The number of hydrogen-bond acceptors (Lipinski definition) is 4. The van der Waals surface area contributed by atoms with Gasteiger partial charge in [-0.3, -0.25) is 9.78 Å². The molecule has 0 saturated heterocycles. The van der Waals surface area contributed by atoms with E-state index in [1.165, 1.54) is 6.20 Å². The summed E-state index contributed by atoms with van der Waals surface area (Å²) in [5, 5.41) is 2.85. The van der Waals surface area contributed by atoms with E-state index in [2.05, 4.69) is 40.1 Å². The number of nitrogens with one attached hydrogen (secondary N) is 1. The third-order valence-electron chi connectivity index (χ3n) is 3.96. The van der Waals surface area contributed by atoms with E-state index in [1.54, 1.807) is 19.2 Å². The van der Waals surface area contributed by atoms with Gasteiger partial charge in [0.2, 0.25) is 0 Å². The first-order valence-electron chi connectivity index (χ1n) is 8.13. The van der Waals surface area contributed by atoms with Crippen LogP contribution < -0.4 is 5.32 Å². The Balaban J connectivity index is 2.05. The quantitative estimate of drug-likeness (QED) is 0.717. The first-order chi connectivity index (χ1) is 11.9. The average Bonchev–Trinajstić information content (AvgIpc) is 2.61. The SMILES string of the molecule is CC[C@@H](C)c1ccccc1NC(=O)[C@H](C)OC(=O)c1cncc(Br)c1. The number of benzene rings is 1. The number of ether oxygens (including phenoxy) is 1. The Kier molecular flexibility index (Phi) is 6.70. The summed E-state index contributed by atoms with van der Waals surface area (Å²) in [4.78, 5) is 28.4. The zero-order chi connectivity index (χ0) is 18.4. The van der Waals surface area contributed by atoms with Gasteiger partial charge in [-0.2, -0.15) is 0 Å². The van der Waals surface area contributed by atoms with Crippen molar-refractivity contribution in [2.75, 3.05) is 5.32 Å². The first kappa shape index (κ1) is 19.1. The van der Waals surface area contributed by atoms with Gasteiger partial charge in [-0.1, -0.05) is 32.0 Å². The highest BCUT2D eigenvalue weighted by molar-refractivity contribution is 9.10. The lowest BCUT2D eigenvalue weighted by molar-refractivity contribution is -0.123. The lowest BCUT2D eigenvalue weighted by Crippen LogP contribution is -2.30. The molecule has 25 heavy (non-hydrogen) atoms. The van der Waals surface area contributed by atoms with E-state index in [4.69, 9.17) is 4.74 Å². The molecule has 2 aromatic rings. The number of halogens is 1. The van der Waals surface area contributed by atoms with E-state index in [0.29, 0.717) is 10.4 Å². The number of hydrogen-bond donors (Lipinski definition) is 1. The fourth-order valence-electron chi connectivity index (χ4n) is 2.30. The van der Waals surface area contributed by atoms with Crippen molar-refractivity contribution >= 4 is 33.5 Å². The van der Waals surface area contributed by atoms with Gasteiger partial charge in [0, 0.05) is 22.6 Å². The van der Waals surface area contributed by atoms with Gasteiger partial charge < -0.3 is 10.1 Å². The molecule has 0 fully saturated rings. The molecule has 6 heteroatoms. The number of amides is 1. The van der Waals surface area contributed by atoms with Crippen molar-refractivity contribution in [2.45, 2.75) is 39.2 Å². The maximum Gasteiger partial charge on any atom is 0.340 e. The zero-order valence-electron chi connectivity index (χ0n) is 14.5. The smallest absolute Gasteiger partial charge is 0.340 e. The first-order valence-corrected chi connectivity index (χ1v) is 8.93. The molecule has 2 atom stereocenters. The number of para-hydroxylation sites is 1. The van der Waals surface area contributed by atoms with E-state index >= 15 is 0 Å². The van der Waals surface area contributed by atoms with Crippen molar-refractivity contribution < 1.29 is 14.3 Å². The lowest BCUT2D eigenvalue weighted by Gasteiger charge is -2.18. The summed E-state index contributed by atoms with van der Waals surface area (Å²) in [7, 11) is 0. The average molecular weight is 405 g/mol. The van der Waals surface area contributed by atoms with Crippen molar-refractivity contribution in [3.05, 3.63) is 58.3 Å². The Morgan fingerprint density at radius 2 is 1.96 bits per heavy atom. The Labute approximate surface area is 155 Å². The van der Waals surface area contributed by atoms with E-state index < -0.39 is 12.1 Å². The molecule has 0 radical (unpaired) electrons. The van der Waals surface area contributed by atoms with E-state index in [-0.39, 0.29) is 11.5 Å². The summed E-state index contributed by atoms with van der Waals surface area (Å²) in [6.07, 6.45) is 3.01. The second-order valence-electron chi connectivity index (χ2n) is 5.83. The second kappa shape index (κ2) is 8.76. The third-order valence-corrected chi connectivity index (χ3v) is 4.39. The van der Waals surface area contributed by atoms with Crippen molar-refractivity contribution in [1.82, 2.24) is 4.98 Å². The number of aromatic nitrogens is 1. The van der Waals surface area contributed by atoms with Crippen LogP contribution in [0.1, 0.15) is 49.0 Å². The molecule has 132 valence electrons. The zero-order valence-corrected chi connectivity index (χ0v) is 16.0. The standard InChI is InChI=1S/C19H21BrN2O3/c1-4-12(2)16-7-5-6-8-17(16)22-18(23)13(3)25-19(24)14-9-15(20)11-21-10-14/h5-13H,4H2,1-3H3,(H,22,23)/t12-,13+/m1/s1. The Bertz CT molecular complexity index is 764. The molecule has 0 saturated carbocycles. The van der Waals surface area contributed by atoms with Gasteiger partial charge in [0.1, 0.15) is 0 Å². The minimum atomic E-state index is -0.920. The van der Waals surface area contributed by atoms with Crippen molar-refractivity contribution in [1.29, 1.82) is 0 Å². The van der Waals surface area contributed by atoms with Gasteiger partial charge in [-0.05, 0) is 52.9 Å². The van der Waals surface area contributed by atoms with Crippen molar-refractivity contribution in [2.24, 2.45) is 0 Å². The summed E-state index contributed by atoms with van der Waals surface area (Å²) in [5.41, 5.74) is 2.09. The molecule has 2 rings (SSSR count). The van der Waals surface area contributed by atoms with Crippen LogP contribution in [0.4, 0.5) is 5.69 Å². The number of carbonyl (C=O) groups is 2. The molecular weight excluding hydrogens is 384 g/mol. The van der Waals surface area contributed by atoms with Crippen LogP contribution in [0.15, 0.2) is 47.2 Å². The Morgan fingerprint density at radius 1 is 1.24 bits per heavy atom. The van der Waals surface area contributed by atoms with Gasteiger partial charge in [0.15, 0.2) is 6.10 Å². The molecule has 0 bridgehead atoms. The highest BCUT2D eigenvalue weighted by Crippen LogP contribution is 2.26. The van der Waals surface area contributed by atoms with E-state index in [9.17, 15) is 9.59 Å². The molecule has 1 aromatic heterocycles. The van der Waals surface area contributed by atoms with Crippen LogP contribution in [0, 0.1) is 0 Å². The van der Waals surface area contributed by atoms with Crippen LogP contribution in [0.2, 0.25) is 0 Å². The summed E-state index contributed by atoms with van der Waals surface area (Å²) >= 11 is 3.25. The maximum absolute atomic E-state index is 12.4. The van der Waals surface area contributed by atoms with Gasteiger partial charge in [-0.25, -0.2) is 4.79 Å². The summed E-state index contributed by atoms with van der Waals surface area (Å²) in [6.45, 7) is 5.75. The molecule has 0 aliphatic rings. The number of anilines is 1. The van der Waals surface area contributed by atoms with Crippen LogP contribution in [0.5, 0.6) is 0 Å². The largest absolute Gasteiger partial charge is 0.449 e. The highest BCUT2D eigenvalue weighted by Gasteiger charge is 2.20. The summed E-state index contributed by atoms with van der Waals surface area (Å²) < 4.78 is 5.91. The third kappa shape index (κ3) is 5.13. The normalized spacial score (nSPS) is 13.0. The minimum Gasteiger partial charge on any atom is -0.449 e. The maximum atomic E-state index is 12.4.